The highest BCUT2D eigenvalue weighted by Gasteiger charge is 2.22. The topological polar surface area (TPSA) is 65.5 Å². The second kappa shape index (κ2) is 9.73. The molecule has 1 aliphatic rings. The lowest BCUT2D eigenvalue weighted by molar-refractivity contribution is -0.130. The van der Waals surface area contributed by atoms with Gasteiger partial charge in [-0.1, -0.05) is 23.7 Å². The molecule has 8 heteroatoms. The average Bonchev–Trinajstić information content (AvgIpc) is 2.69. The highest BCUT2D eigenvalue weighted by atomic mass is 35.5. The molecule has 0 radical (unpaired) electrons. The average molecular weight is 405 g/mol. The van der Waals surface area contributed by atoms with Crippen molar-refractivity contribution >= 4 is 40.9 Å². The predicted molar refractivity (Wildman–Crippen MR) is 108 cm³/mol. The Balaban J connectivity index is 1.40. The molecule has 1 aromatic carbocycles. The number of amides is 2. The summed E-state index contributed by atoms with van der Waals surface area (Å²) in [6.07, 6.45) is 3.44. The highest BCUT2D eigenvalue weighted by Crippen LogP contribution is 2.20. The Kier molecular flexibility index (Phi) is 7.09. The number of carbonyl (C=O) groups is 2. The summed E-state index contributed by atoms with van der Waals surface area (Å²) < 4.78 is 0. The molecule has 27 heavy (non-hydrogen) atoms. The van der Waals surface area contributed by atoms with Crippen molar-refractivity contribution in [2.24, 2.45) is 0 Å². The first-order valence-electron chi connectivity index (χ1n) is 8.69. The van der Waals surface area contributed by atoms with Crippen molar-refractivity contribution in [3.05, 3.63) is 53.8 Å². The highest BCUT2D eigenvalue weighted by molar-refractivity contribution is 8.00. The Bertz CT molecular complexity index is 782. The second-order valence-corrected chi connectivity index (χ2v) is 7.61. The van der Waals surface area contributed by atoms with Gasteiger partial charge in [0.1, 0.15) is 0 Å². The third kappa shape index (κ3) is 5.95. The molecule has 0 aliphatic carbocycles. The lowest BCUT2D eigenvalue weighted by Gasteiger charge is -2.34. The summed E-state index contributed by atoms with van der Waals surface area (Å²) in [6.45, 7) is 2.92. The van der Waals surface area contributed by atoms with Gasteiger partial charge in [0.05, 0.1) is 23.0 Å². The number of carbonyl (C=O) groups excluding carboxylic acids is 2. The van der Waals surface area contributed by atoms with Crippen LogP contribution in [0.3, 0.4) is 0 Å². The zero-order valence-electron chi connectivity index (χ0n) is 14.8. The first-order chi connectivity index (χ1) is 13.1. The monoisotopic (exact) mass is 404 g/mol. The Morgan fingerprint density at radius 1 is 1.07 bits per heavy atom. The molecular weight excluding hydrogens is 384 g/mol. The van der Waals surface area contributed by atoms with E-state index in [0.29, 0.717) is 49.2 Å². The van der Waals surface area contributed by atoms with Crippen LogP contribution in [0.1, 0.15) is 0 Å². The van der Waals surface area contributed by atoms with E-state index >= 15 is 0 Å². The molecule has 2 amide bonds. The molecule has 0 unspecified atom stereocenters. The van der Waals surface area contributed by atoms with E-state index in [1.807, 2.05) is 34.1 Å². The number of para-hydroxylation sites is 1. The van der Waals surface area contributed by atoms with Crippen molar-refractivity contribution in [1.29, 1.82) is 0 Å². The number of anilines is 1. The van der Waals surface area contributed by atoms with Gasteiger partial charge in [0.2, 0.25) is 11.8 Å². The predicted octanol–water partition coefficient (Wildman–Crippen LogP) is 2.61. The molecule has 0 spiro atoms. The zero-order chi connectivity index (χ0) is 19.1. The van der Waals surface area contributed by atoms with E-state index in [1.165, 1.54) is 11.8 Å². The van der Waals surface area contributed by atoms with Gasteiger partial charge in [-0.3, -0.25) is 19.5 Å². The number of hydrogen-bond acceptors (Lipinski definition) is 5. The third-order valence-corrected chi connectivity index (χ3v) is 5.58. The Labute approximate surface area is 167 Å². The van der Waals surface area contributed by atoms with Crippen molar-refractivity contribution < 1.29 is 9.59 Å². The minimum Gasteiger partial charge on any atom is -0.339 e. The summed E-state index contributed by atoms with van der Waals surface area (Å²) in [4.78, 5) is 33.5. The zero-order valence-corrected chi connectivity index (χ0v) is 16.4. The molecule has 0 atom stereocenters. The standard InChI is InChI=1S/C19H21ClN4O2S/c20-16-3-1-2-4-17(16)22-18(25)13-23-9-11-24(12-10-23)19(26)14-27-15-5-7-21-8-6-15/h1-8H,9-14H2,(H,22,25). The Morgan fingerprint density at radius 3 is 2.48 bits per heavy atom. The molecule has 142 valence electrons. The maximum Gasteiger partial charge on any atom is 0.238 e. The van der Waals surface area contributed by atoms with E-state index < -0.39 is 0 Å². The molecule has 1 fully saturated rings. The van der Waals surface area contributed by atoms with Crippen LogP contribution in [0.5, 0.6) is 0 Å². The normalized spacial score (nSPS) is 14.8. The van der Waals surface area contributed by atoms with Gasteiger partial charge in [0, 0.05) is 43.5 Å². The lowest BCUT2D eigenvalue weighted by atomic mass is 10.3. The fourth-order valence-electron chi connectivity index (χ4n) is 2.78. The number of halogens is 1. The van der Waals surface area contributed by atoms with Crippen LogP contribution in [0, 0.1) is 0 Å². The lowest BCUT2D eigenvalue weighted by Crippen LogP contribution is -2.50. The van der Waals surface area contributed by atoms with Crippen LogP contribution < -0.4 is 5.32 Å². The molecule has 1 aliphatic heterocycles. The van der Waals surface area contributed by atoms with Crippen LogP contribution in [-0.2, 0) is 9.59 Å². The number of benzene rings is 1. The molecule has 3 rings (SSSR count). The first kappa shape index (κ1) is 19.7. The van der Waals surface area contributed by atoms with Crippen LogP contribution in [0.2, 0.25) is 5.02 Å². The van der Waals surface area contributed by atoms with E-state index in [4.69, 9.17) is 11.6 Å². The number of nitrogens with zero attached hydrogens (tertiary/aromatic N) is 3. The van der Waals surface area contributed by atoms with Crippen molar-refractivity contribution in [2.75, 3.05) is 43.8 Å². The van der Waals surface area contributed by atoms with Gasteiger partial charge < -0.3 is 10.2 Å². The second-order valence-electron chi connectivity index (χ2n) is 6.16. The number of piperazine rings is 1. The fraction of sp³-hybridized carbons (Fsp3) is 0.316. The third-order valence-electron chi connectivity index (χ3n) is 4.25. The van der Waals surface area contributed by atoms with Crippen LogP contribution >= 0.6 is 23.4 Å². The molecule has 0 saturated carbocycles. The number of aromatic nitrogens is 1. The van der Waals surface area contributed by atoms with Crippen LogP contribution in [-0.4, -0.2) is 65.1 Å². The molecule has 1 N–H and O–H groups in total. The number of pyridine rings is 1. The van der Waals surface area contributed by atoms with Crippen molar-refractivity contribution in [1.82, 2.24) is 14.8 Å². The minimum atomic E-state index is -0.101. The number of hydrogen-bond donors (Lipinski definition) is 1. The maximum atomic E-state index is 12.4. The fourth-order valence-corrected chi connectivity index (χ4v) is 3.75. The Morgan fingerprint density at radius 2 is 1.78 bits per heavy atom. The molecule has 1 aromatic heterocycles. The van der Waals surface area contributed by atoms with Gasteiger partial charge in [-0.25, -0.2) is 0 Å². The molecule has 0 bridgehead atoms. The largest absolute Gasteiger partial charge is 0.339 e. The first-order valence-corrected chi connectivity index (χ1v) is 10.1. The summed E-state index contributed by atoms with van der Waals surface area (Å²) in [5.41, 5.74) is 0.617. The summed E-state index contributed by atoms with van der Waals surface area (Å²) in [5, 5.41) is 3.35. The smallest absolute Gasteiger partial charge is 0.238 e. The van der Waals surface area contributed by atoms with Crippen LogP contribution in [0.4, 0.5) is 5.69 Å². The number of nitrogens with one attached hydrogen (secondary N) is 1. The molecule has 2 heterocycles. The van der Waals surface area contributed by atoms with Crippen molar-refractivity contribution in [2.45, 2.75) is 4.90 Å². The van der Waals surface area contributed by atoms with Gasteiger partial charge in [-0.15, -0.1) is 11.8 Å². The Hall–Kier alpha value is -2.09. The molecular formula is C19H21ClN4O2S. The summed E-state index contributed by atoms with van der Waals surface area (Å²) in [6, 6.07) is 11.0. The van der Waals surface area contributed by atoms with E-state index in [-0.39, 0.29) is 11.8 Å². The molecule has 2 aromatic rings. The van der Waals surface area contributed by atoms with Gasteiger partial charge in [0.25, 0.3) is 0 Å². The quantitative estimate of drug-likeness (QED) is 0.750. The van der Waals surface area contributed by atoms with E-state index in [2.05, 4.69) is 10.3 Å². The van der Waals surface area contributed by atoms with E-state index in [9.17, 15) is 9.59 Å². The number of thioether (sulfide) groups is 1. The van der Waals surface area contributed by atoms with Crippen molar-refractivity contribution in [3.63, 3.8) is 0 Å². The summed E-state index contributed by atoms with van der Waals surface area (Å²) >= 11 is 7.58. The van der Waals surface area contributed by atoms with Gasteiger partial charge in [-0.05, 0) is 24.3 Å². The van der Waals surface area contributed by atoms with Gasteiger partial charge in [0.15, 0.2) is 0 Å². The van der Waals surface area contributed by atoms with Gasteiger partial charge >= 0.3 is 0 Å². The van der Waals surface area contributed by atoms with Gasteiger partial charge in [-0.2, -0.15) is 0 Å². The summed E-state index contributed by atoms with van der Waals surface area (Å²) in [5.74, 6) is 0.435. The molecule has 1 saturated heterocycles. The molecule has 6 nitrogen and oxygen atoms in total. The van der Waals surface area contributed by atoms with E-state index in [0.717, 1.165) is 4.90 Å². The minimum absolute atomic E-state index is 0.101. The SMILES string of the molecule is O=C(CN1CCN(C(=O)CSc2ccncc2)CC1)Nc1ccccc1Cl. The maximum absolute atomic E-state index is 12.4. The van der Waals surface area contributed by atoms with Crippen LogP contribution in [0.25, 0.3) is 0 Å². The van der Waals surface area contributed by atoms with Crippen molar-refractivity contribution in [3.8, 4) is 0 Å². The van der Waals surface area contributed by atoms with E-state index in [1.54, 1.807) is 24.5 Å². The summed E-state index contributed by atoms with van der Waals surface area (Å²) in [7, 11) is 0. The van der Waals surface area contributed by atoms with Crippen LogP contribution in [0.15, 0.2) is 53.7 Å². The number of rotatable bonds is 6.